The summed E-state index contributed by atoms with van der Waals surface area (Å²) in [5.74, 6) is 0.721. The highest BCUT2D eigenvalue weighted by Crippen LogP contribution is 2.35. The fourth-order valence-electron chi connectivity index (χ4n) is 2.39. The second-order valence-electron chi connectivity index (χ2n) is 4.75. The Morgan fingerprint density at radius 3 is 2.89 bits per heavy atom. The molecule has 0 spiro atoms. The lowest BCUT2D eigenvalue weighted by molar-refractivity contribution is 0.101. The van der Waals surface area contributed by atoms with Gasteiger partial charge in [-0.2, -0.15) is 0 Å². The Balaban J connectivity index is 1.95. The van der Waals surface area contributed by atoms with Gasteiger partial charge in [0.05, 0.1) is 23.2 Å². The number of ketones is 1. The molecule has 18 heavy (non-hydrogen) atoms. The number of hydrogen-bond donors (Lipinski definition) is 1. The molecule has 0 amide bonds. The first kappa shape index (κ1) is 11.5. The summed E-state index contributed by atoms with van der Waals surface area (Å²) >= 11 is 0. The highest BCUT2D eigenvalue weighted by atomic mass is 32.2. The van der Waals surface area contributed by atoms with Crippen molar-refractivity contribution in [2.24, 2.45) is 0 Å². The van der Waals surface area contributed by atoms with Crippen molar-refractivity contribution in [3.8, 4) is 5.75 Å². The lowest BCUT2D eigenvalue weighted by Gasteiger charge is -2.29. The minimum atomic E-state index is -3.03. The molecule has 0 radical (unpaired) electrons. The van der Waals surface area contributed by atoms with Crippen molar-refractivity contribution in [2.75, 3.05) is 16.8 Å². The smallest absolute Gasteiger partial charge is 0.159 e. The van der Waals surface area contributed by atoms with Gasteiger partial charge in [-0.05, 0) is 25.1 Å². The molecule has 3 rings (SSSR count). The van der Waals surface area contributed by atoms with Gasteiger partial charge in [0, 0.05) is 5.56 Å². The Hall–Kier alpha value is -1.56. The van der Waals surface area contributed by atoms with E-state index in [1.165, 1.54) is 6.92 Å². The second-order valence-corrected chi connectivity index (χ2v) is 6.90. The van der Waals surface area contributed by atoms with Crippen molar-refractivity contribution >= 4 is 21.3 Å². The molecule has 1 aromatic rings. The number of hydrogen-bond acceptors (Lipinski definition) is 5. The SMILES string of the molecule is CC(=O)c1ccc2c(c1)NC1CS(=O)(=O)CC1O2. The molecule has 96 valence electrons. The fourth-order valence-corrected chi connectivity index (χ4v) is 4.18. The zero-order valence-electron chi connectivity index (χ0n) is 9.84. The fraction of sp³-hybridized carbons (Fsp3) is 0.417. The molecule has 2 aliphatic rings. The number of nitrogens with one attached hydrogen (secondary N) is 1. The molecule has 2 heterocycles. The van der Waals surface area contributed by atoms with Crippen molar-refractivity contribution in [3.63, 3.8) is 0 Å². The van der Waals surface area contributed by atoms with Crippen LogP contribution in [0.4, 0.5) is 5.69 Å². The van der Waals surface area contributed by atoms with Gasteiger partial charge >= 0.3 is 0 Å². The number of fused-ring (bicyclic) bond motifs is 2. The Bertz CT molecular complexity index is 623. The molecular formula is C12H13NO4S. The molecule has 1 fully saturated rings. The summed E-state index contributed by atoms with van der Waals surface area (Å²) in [5, 5.41) is 3.15. The molecule has 5 nitrogen and oxygen atoms in total. The van der Waals surface area contributed by atoms with E-state index >= 15 is 0 Å². The van der Waals surface area contributed by atoms with Crippen LogP contribution >= 0.6 is 0 Å². The third-order valence-corrected chi connectivity index (χ3v) is 5.01. The molecule has 1 saturated heterocycles. The predicted molar refractivity (Wildman–Crippen MR) is 66.9 cm³/mol. The molecule has 0 aliphatic carbocycles. The van der Waals surface area contributed by atoms with E-state index in [1.807, 2.05) is 0 Å². The average Bonchev–Trinajstić information content (AvgIpc) is 2.57. The Morgan fingerprint density at radius 2 is 2.17 bits per heavy atom. The van der Waals surface area contributed by atoms with E-state index in [2.05, 4.69) is 5.32 Å². The van der Waals surface area contributed by atoms with E-state index in [-0.39, 0.29) is 29.4 Å². The van der Waals surface area contributed by atoms with Crippen LogP contribution in [0.1, 0.15) is 17.3 Å². The van der Waals surface area contributed by atoms with Gasteiger partial charge in [-0.25, -0.2) is 8.42 Å². The topological polar surface area (TPSA) is 72.5 Å². The van der Waals surface area contributed by atoms with Crippen LogP contribution in [0.15, 0.2) is 18.2 Å². The first-order valence-electron chi connectivity index (χ1n) is 5.73. The number of anilines is 1. The summed E-state index contributed by atoms with van der Waals surface area (Å²) in [7, 11) is -3.03. The minimum absolute atomic E-state index is 0.0271. The lowest BCUT2D eigenvalue weighted by Crippen LogP contribution is -2.40. The maximum Gasteiger partial charge on any atom is 0.159 e. The zero-order valence-corrected chi connectivity index (χ0v) is 10.7. The molecular weight excluding hydrogens is 254 g/mol. The van der Waals surface area contributed by atoms with Crippen molar-refractivity contribution in [3.05, 3.63) is 23.8 Å². The zero-order chi connectivity index (χ0) is 12.9. The largest absolute Gasteiger partial charge is 0.485 e. The van der Waals surface area contributed by atoms with E-state index in [0.29, 0.717) is 17.0 Å². The van der Waals surface area contributed by atoms with Gasteiger partial charge in [0.1, 0.15) is 11.9 Å². The molecule has 6 heteroatoms. The average molecular weight is 267 g/mol. The molecule has 1 N–H and O–H groups in total. The maximum absolute atomic E-state index is 11.5. The van der Waals surface area contributed by atoms with Crippen LogP contribution < -0.4 is 10.1 Å². The van der Waals surface area contributed by atoms with Gasteiger partial charge in [0.2, 0.25) is 0 Å². The van der Waals surface area contributed by atoms with Crippen LogP contribution in [-0.2, 0) is 9.84 Å². The minimum Gasteiger partial charge on any atom is -0.485 e. The van der Waals surface area contributed by atoms with Gasteiger partial charge in [-0.1, -0.05) is 0 Å². The number of carbonyl (C=O) groups is 1. The third-order valence-electron chi connectivity index (χ3n) is 3.31. The Morgan fingerprint density at radius 1 is 1.39 bits per heavy atom. The normalized spacial score (nSPS) is 27.6. The highest BCUT2D eigenvalue weighted by Gasteiger charge is 2.42. The van der Waals surface area contributed by atoms with Crippen LogP contribution in [0.2, 0.25) is 0 Å². The highest BCUT2D eigenvalue weighted by molar-refractivity contribution is 7.91. The predicted octanol–water partition coefficient (Wildman–Crippen LogP) is 0.859. The van der Waals surface area contributed by atoms with Crippen LogP contribution in [0, 0.1) is 0 Å². The summed E-state index contributed by atoms with van der Waals surface area (Å²) in [5.41, 5.74) is 1.28. The van der Waals surface area contributed by atoms with Crippen LogP contribution in [0.5, 0.6) is 5.75 Å². The van der Waals surface area contributed by atoms with Crippen LogP contribution in [-0.4, -0.2) is 37.9 Å². The van der Waals surface area contributed by atoms with Gasteiger partial charge < -0.3 is 10.1 Å². The van der Waals surface area contributed by atoms with Gasteiger partial charge in [0.25, 0.3) is 0 Å². The van der Waals surface area contributed by atoms with Crippen molar-refractivity contribution in [1.82, 2.24) is 0 Å². The lowest BCUT2D eigenvalue weighted by atomic mass is 10.1. The van der Waals surface area contributed by atoms with E-state index in [9.17, 15) is 13.2 Å². The maximum atomic E-state index is 11.5. The van der Waals surface area contributed by atoms with Crippen molar-refractivity contribution < 1.29 is 17.9 Å². The first-order valence-corrected chi connectivity index (χ1v) is 7.55. The van der Waals surface area contributed by atoms with Gasteiger partial charge in [-0.3, -0.25) is 4.79 Å². The van der Waals surface area contributed by atoms with Crippen molar-refractivity contribution in [1.29, 1.82) is 0 Å². The summed E-state index contributed by atoms with van der Waals surface area (Å²) < 4.78 is 28.8. The van der Waals surface area contributed by atoms with Gasteiger partial charge in [-0.15, -0.1) is 0 Å². The Kier molecular flexibility index (Phi) is 2.38. The van der Waals surface area contributed by atoms with E-state index in [1.54, 1.807) is 18.2 Å². The number of sulfone groups is 1. The number of ether oxygens (including phenoxy) is 1. The third kappa shape index (κ3) is 1.86. The Labute approximate surface area is 105 Å². The molecule has 2 aliphatic heterocycles. The molecule has 1 aromatic carbocycles. The van der Waals surface area contributed by atoms with E-state index in [4.69, 9.17) is 4.74 Å². The van der Waals surface area contributed by atoms with Gasteiger partial charge in [0.15, 0.2) is 15.6 Å². The summed E-state index contributed by atoms with van der Waals surface area (Å²) in [4.78, 5) is 11.3. The molecule has 2 atom stereocenters. The van der Waals surface area contributed by atoms with E-state index in [0.717, 1.165) is 0 Å². The molecule has 0 bridgehead atoms. The number of Topliss-reactive ketones (excluding diaryl/α,β-unsaturated/α-hetero) is 1. The van der Waals surface area contributed by atoms with E-state index < -0.39 is 9.84 Å². The number of rotatable bonds is 1. The van der Waals surface area contributed by atoms with Crippen molar-refractivity contribution in [2.45, 2.75) is 19.1 Å². The monoisotopic (exact) mass is 267 g/mol. The molecule has 2 unspecified atom stereocenters. The summed E-state index contributed by atoms with van der Waals surface area (Å²) in [6.45, 7) is 1.49. The summed E-state index contributed by atoms with van der Waals surface area (Å²) in [6, 6.07) is 4.88. The number of benzene rings is 1. The molecule has 0 saturated carbocycles. The standard InChI is InChI=1S/C12H13NO4S/c1-7(14)8-2-3-11-9(4-8)13-10-5-18(15,16)6-12(10)17-11/h2-4,10,12-13H,5-6H2,1H3. The molecule has 0 aromatic heterocycles. The first-order chi connectivity index (χ1) is 8.44. The summed E-state index contributed by atoms with van der Waals surface area (Å²) in [6.07, 6.45) is -0.328. The van der Waals surface area contributed by atoms with Crippen LogP contribution in [0.3, 0.4) is 0 Å². The quantitative estimate of drug-likeness (QED) is 0.764. The second kappa shape index (κ2) is 3.71. The number of carbonyl (C=O) groups excluding carboxylic acids is 1. The van der Waals surface area contributed by atoms with Crippen LogP contribution in [0.25, 0.3) is 0 Å².